The summed E-state index contributed by atoms with van der Waals surface area (Å²) in [5.74, 6) is -0.944. The van der Waals surface area contributed by atoms with Gasteiger partial charge in [0.2, 0.25) is 0 Å². The van der Waals surface area contributed by atoms with Gasteiger partial charge in [-0.25, -0.2) is 9.78 Å². The maximum atomic E-state index is 10.7. The van der Waals surface area contributed by atoms with E-state index in [1.807, 2.05) is 0 Å². The van der Waals surface area contributed by atoms with Gasteiger partial charge in [-0.2, -0.15) is 0 Å². The van der Waals surface area contributed by atoms with E-state index >= 15 is 0 Å². The van der Waals surface area contributed by atoms with Crippen LogP contribution in [0.5, 0.6) is 0 Å². The molecule has 2 rings (SSSR count). The number of imidazole rings is 1. The second-order valence-corrected chi connectivity index (χ2v) is 4.17. The van der Waals surface area contributed by atoms with Crippen LogP contribution in [-0.4, -0.2) is 20.6 Å². The van der Waals surface area contributed by atoms with Gasteiger partial charge in [0.25, 0.3) is 0 Å². The standard InChI is InChI=1S/C11H8Cl2N2O2/c12-9-10(13)15(6-14-9)5-7-1-3-8(4-2-7)11(16)17/h1-4,6H,5H2,(H,16,17). The molecule has 0 saturated carbocycles. The van der Waals surface area contributed by atoms with Crippen molar-refractivity contribution < 1.29 is 9.90 Å². The number of rotatable bonds is 3. The molecule has 0 spiro atoms. The summed E-state index contributed by atoms with van der Waals surface area (Å²) in [5, 5.41) is 9.39. The summed E-state index contributed by atoms with van der Waals surface area (Å²) >= 11 is 11.6. The van der Waals surface area contributed by atoms with E-state index in [1.54, 1.807) is 28.8 Å². The molecule has 4 nitrogen and oxygen atoms in total. The predicted octanol–water partition coefficient (Wildman–Crippen LogP) is 2.94. The lowest BCUT2D eigenvalue weighted by Gasteiger charge is -2.04. The minimum absolute atomic E-state index is 0.253. The highest BCUT2D eigenvalue weighted by atomic mass is 35.5. The van der Waals surface area contributed by atoms with Gasteiger partial charge in [0.05, 0.1) is 11.9 Å². The third kappa shape index (κ3) is 2.60. The average Bonchev–Trinajstić information content (AvgIpc) is 2.62. The molecule has 6 heteroatoms. The summed E-state index contributed by atoms with van der Waals surface area (Å²) in [6.45, 7) is 0.498. The Morgan fingerprint density at radius 2 is 1.94 bits per heavy atom. The molecule has 0 fully saturated rings. The third-order valence-electron chi connectivity index (χ3n) is 2.29. The number of aromatic carboxylic acids is 1. The summed E-state index contributed by atoms with van der Waals surface area (Å²) in [5.41, 5.74) is 1.18. The molecule has 0 aliphatic rings. The third-order valence-corrected chi connectivity index (χ3v) is 3.06. The maximum Gasteiger partial charge on any atom is 0.335 e. The van der Waals surface area contributed by atoms with Crippen molar-refractivity contribution in [2.24, 2.45) is 0 Å². The lowest BCUT2D eigenvalue weighted by atomic mass is 10.1. The fraction of sp³-hybridized carbons (Fsp3) is 0.0909. The number of carboxylic acid groups (broad SMARTS) is 1. The molecule has 0 aliphatic heterocycles. The molecule has 0 atom stereocenters. The molecule has 1 aromatic carbocycles. The van der Waals surface area contributed by atoms with Gasteiger partial charge < -0.3 is 9.67 Å². The Balaban J connectivity index is 2.19. The fourth-order valence-corrected chi connectivity index (χ4v) is 1.71. The molecular weight excluding hydrogens is 263 g/mol. The molecule has 88 valence electrons. The molecule has 0 bridgehead atoms. The molecule has 0 saturated heterocycles. The molecule has 0 aliphatic carbocycles. The van der Waals surface area contributed by atoms with E-state index in [0.717, 1.165) is 5.56 Å². The van der Waals surface area contributed by atoms with Crippen LogP contribution in [0.4, 0.5) is 0 Å². The highest BCUT2D eigenvalue weighted by Crippen LogP contribution is 2.20. The van der Waals surface area contributed by atoms with Gasteiger partial charge in [-0.1, -0.05) is 35.3 Å². The summed E-state index contributed by atoms with van der Waals surface area (Å²) in [4.78, 5) is 14.5. The molecule has 2 aromatic rings. The van der Waals surface area contributed by atoms with Gasteiger partial charge in [-0.3, -0.25) is 0 Å². The monoisotopic (exact) mass is 270 g/mol. The van der Waals surface area contributed by atoms with Crippen molar-refractivity contribution in [3.8, 4) is 0 Å². The number of carboxylic acids is 1. The number of aromatic nitrogens is 2. The van der Waals surface area contributed by atoms with E-state index in [1.165, 1.54) is 6.33 Å². The van der Waals surface area contributed by atoms with Crippen LogP contribution in [0.15, 0.2) is 30.6 Å². The van der Waals surface area contributed by atoms with Crippen molar-refractivity contribution in [2.75, 3.05) is 0 Å². The van der Waals surface area contributed by atoms with E-state index in [-0.39, 0.29) is 10.7 Å². The van der Waals surface area contributed by atoms with E-state index in [0.29, 0.717) is 11.7 Å². The summed E-state index contributed by atoms with van der Waals surface area (Å²) in [6, 6.07) is 6.55. The van der Waals surface area contributed by atoms with Crippen LogP contribution in [0.25, 0.3) is 0 Å². The Bertz CT molecular complexity index is 549. The predicted molar refractivity (Wildman–Crippen MR) is 64.8 cm³/mol. The van der Waals surface area contributed by atoms with Gasteiger partial charge in [0.15, 0.2) is 5.15 Å². The Kier molecular flexibility index (Phi) is 3.36. The first-order valence-corrected chi connectivity index (χ1v) is 5.52. The Morgan fingerprint density at radius 3 is 2.41 bits per heavy atom. The smallest absolute Gasteiger partial charge is 0.335 e. The molecule has 17 heavy (non-hydrogen) atoms. The zero-order valence-corrected chi connectivity index (χ0v) is 10.1. The van der Waals surface area contributed by atoms with E-state index in [4.69, 9.17) is 28.3 Å². The average molecular weight is 271 g/mol. The van der Waals surface area contributed by atoms with Crippen LogP contribution in [0.3, 0.4) is 0 Å². The van der Waals surface area contributed by atoms with Gasteiger partial charge in [0, 0.05) is 6.54 Å². The van der Waals surface area contributed by atoms with Crippen LogP contribution < -0.4 is 0 Å². The number of hydrogen-bond acceptors (Lipinski definition) is 2. The highest BCUT2D eigenvalue weighted by molar-refractivity contribution is 6.40. The van der Waals surface area contributed by atoms with E-state index in [2.05, 4.69) is 4.98 Å². The first kappa shape index (κ1) is 12.0. The van der Waals surface area contributed by atoms with Crippen LogP contribution in [0.2, 0.25) is 10.3 Å². The zero-order chi connectivity index (χ0) is 12.4. The molecule has 0 radical (unpaired) electrons. The molecule has 1 heterocycles. The first-order valence-electron chi connectivity index (χ1n) is 4.76. The van der Waals surface area contributed by atoms with Gasteiger partial charge in [-0.15, -0.1) is 0 Å². The van der Waals surface area contributed by atoms with E-state index < -0.39 is 5.97 Å². The largest absolute Gasteiger partial charge is 0.478 e. The topological polar surface area (TPSA) is 55.1 Å². The molecule has 1 N–H and O–H groups in total. The second kappa shape index (κ2) is 4.77. The molecular formula is C11H8Cl2N2O2. The SMILES string of the molecule is O=C(O)c1ccc(Cn2cnc(Cl)c2Cl)cc1. The molecule has 1 aromatic heterocycles. The van der Waals surface area contributed by atoms with Crippen LogP contribution in [0.1, 0.15) is 15.9 Å². The van der Waals surface area contributed by atoms with Crippen molar-refractivity contribution >= 4 is 29.2 Å². The van der Waals surface area contributed by atoms with Gasteiger partial charge in [0.1, 0.15) is 5.15 Å². The Hall–Kier alpha value is -1.52. The quantitative estimate of drug-likeness (QED) is 0.933. The molecule has 0 unspecified atom stereocenters. The summed E-state index contributed by atoms with van der Waals surface area (Å²) < 4.78 is 1.68. The minimum Gasteiger partial charge on any atom is -0.478 e. The van der Waals surface area contributed by atoms with Crippen LogP contribution >= 0.6 is 23.2 Å². The van der Waals surface area contributed by atoms with E-state index in [9.17, 15) is 4.79 Å². The number of hydrogen-bond donors (Lipinski definition) is 1. The molecule has 0 amide bonds. The van der Waals surface area contributed by atoms with Crippen molar-refractivity contribution in [1.82, 2.24) is 9.55 Å². The number of nitrogens with zero attached hydrogens (tertiary/aromatic N) is 2. The number of halogens is 2. The van der Waals surface area contributed by atoms with Crippen molar-refractivity contribution in [1.29, 1.82) is 0 Å². The van der Waals surface area contributed by atoms with Crippen LogP contribution in [-0.2, 0) is 6.54 Å². The summed E-state index contributed by atoms with van der Waals surface area (Å²) in [7, 11) is 0. The Morgan fingerprint density at radius 1 is 1.29 bits per heavy atom. The van der Waals surface area contributed by atoms with Crippen LogP contribution in [0, 0.1) is 0 Å². The highest BCUT2D eigenvalue weighted by Gasteiger charge is 2.07. The number of benzene rings is 1. The number of carbonyl (C=O) groups is 1. The minimum atomic E-state index is -0.944. The van der Waals surface area contributed by atoms with Gasteiger partial charge in [-0.05, 0) is 17.7 Å². The van der Waals surface area contributed by atoms with Crippen molar-refractivity contribution in [2.45, 2.75) is 6.54 Å². The second-order valence-electron chi connectivity index (χ2n) is 3.46. The van der Waals surface area contributed by atoms with Crippen molar-refractivity contribution in [3.05, 3.63) is 52.0 Å². The zero-order valence-electron chi connectivity index (χ0n) is 8.60. The summed E-state index contributed by atoms with van der Waals surface area (Å²) in [6.07, 6.45) is 1.54. The normalized spacial score (nSPS) is 10.5. The lowest BCUT2D eigenvalue weighted by Crippen LogP contribution is -2.00. The first-order chi connectivity index (χ1) is 8.08. The maximum absolute atomic E-state index is 10.7. The van der Waals surface area contributed by atoms with Crippen molar-refractivity contribution in [3.63, 3.8) is 0 Å². The lowest BCUT2D eigenvalue weighted by molar-refractivity contribution is 0.0697. The Labute approximate surface area is 107 Å². The fourth-order valence-electron chi connectivity index (χ4n) is 1.40. The van der Waals surface area contributed by atoms with Gasteiger partial charge >= 0.3 is 5.97 Å².